The van der Waals surface area contributed by atoms with Crippen molar-refractivity contribution < 1.29 is 0 Å². The summed E-state index contributed by atoms with van der Waals surface area (Å²) < 4.78 is 2.23. The van der Waals surface area contributed by atoms with Crippen LogP contribution in [0.4, 0.5) is 5.82 Å². The molecular formula is C25H30N8O. The topological polar surface area (TPSA) is 139 Å². The molecular weight excluding hydrogens is 428 g/mol. The second-order valence-electron chi connectivity index (χ2n) is 9.31. The Bertz CT molecular complexity index is 1600. The number of benzene rings is 2. The summed E-state index contributed by atoms with van der Waals surface area (Å²) in [6, 6.07) is 10.6. The number of hydrogen-bond donors (Lipinski definition) is 5. The van der Waals surface area contributed by atoms with Crippen molar-refractivity contribution in [3.05, 3.63) is 68.7 Å². The van der Waals surface area contributed by atoms with E-state index in [1.165, 1.54) is 0 Å². The Hall–Kier alpha value is -3.85. The number of anilines is 1. The summed E-state index contributed by atoms with van der Waals surface area (Å²) in [6.45, 7) is 9.04. The minimum atomic E-state index is -0.449. The van der Waals surface area contributed by atoms with Crippen molar-refractivity contribution in [3.63, 3.8) is 0 Å². The molecule has 7 N–H and O–H groups in total. The molecule has 5 rings (SSSR count). The van der Waals surface area contributed by atoms with Gasteiger partial charge in [-0.15, -0.1) is 0 Å². The fraction of sp³-hybridized carbons (Fsp3) is 0.320. The maximum Gasteiger partial charge on any atom is 0.347 e. The maximum absolute atomic E-state index is 12.0. The van der Waals surface area contributed by atoms with Crippen molar-refractivity contribution >= 4 is 33.4 Å². The van der Waals surface area contributed by atoms with E-state index in [-0.39, 0.29) is 18.0 Å². The van der Waals surface area contributed by atoms with E-state index in [1.807, 2.05) is 19.1 Å². The molecule has 4 aromatic rings. The summed E-state index contributed by atoms with van der Waals surface area (Å²) in [5.74, 6) is 0.903. The van der Waals surface area contributed by atoms with Gasteiger partial charge in [-0.25, -0.2) is 9.79 Å². The summed E-state index contributed by atoms with van der Waals surface area (Å²) in [6.07, 6.45) is 1.72. The molecule has 2 unspecified atom stereocenters. The Morgan fingerprint density at radius 3 is 2.71 bits per heavy atom. The van der Waals surface area contributed by atoms with Crippen LogP contribution in [0.25, 0.3) is 27.6 Å². The van der Waals surface area contributed by atoms with Crippen LogP contribution in [0.15, 0.2) is 46.3 Å². The van der Waals surface area contributed by atoms with Gasteiger partial charge in [0.1, 0.15) is 11.6 Å². The van der Waals surface area contributed by atoms with Crippen molar-refractivity contribution in [2.75, 3.05) is 12.3 Å². The molecule has 0 aliphatic carbocycles. The fourth-order valence-corrected chi connectivity index (χ4v) is 4.76. The van der Waals surface area contributed by atoms with Gasteiger partial charge in [0.2, 0.25) is 0 Å². The highest BCUT2D eigenvalue weighted by atomic mass is 16.1. The van der Waals surface area contributed by atoms with Crippen LogP contribution in [0.2, 0.25) is 0 Å². The number of aromatic amines is 1. The molecule has 9 heteroatoms. The van der Waals surface area contributed by atoms with E-state index in [1.54, 1.807) is 0 Å². The third-order valence-corrected chi connectivity index (χ3v) is 6.46. The molecule has 1 aliphatic rings. The van der Waals surface area contributed by atoms with Crippen LogP contribution in [0.1, 0.15) is 43.9 Å². The van der Waals surface area contributed by atoms with Crippen LogP contribution in [0.5, 0.6) is 0 Å². The number of nitrogens with one attached hydrogen (secondary N) is 3. The Kier molecular flexibility index (Phi) is 5.28. The number of nitrogens with two attached hydrogens (primary N) is 2. The van der Waals surface area contributed by atoms with Crippen LogP contribution in [0, 0.1) is 6.92 Å². The lowest BCUT2D eigenvalue weighted by Gasteiger charge is -2.24. The first-order valence-electron chi connectivity index (χ1n) is 11.5. The second kappa shape index (κ2) is 8.18. The average Bonchev–Trinajstić information content (AvgIpc) is 3.22. The second-order valence-corrected chi connectivity index (χ2v) is 9.31. The van der Waals surface area contributed by atoms with E-state index in [4.69, 9.17) is 16.5 Å². The van der Waals surface area contributed by atoms with Crippen molar-refractivity contribution in [2.24, 2.45) is 10.7 Å². The quantitative estimate of drug-likeness (QED) is 0.305. The monoisotopic (exact) mass is 458 g/mol. The Balaban J connectivity index is 1.47. The van der Waals surface area contributed by atoms with Crippen molar-refractivity contribution in [3.8, 4) is 0 Å². The van der Waals surface area contributed by atoms with E-state index in [0.717, 1.165) is 43.5 Å². The van der Waals surface area contributed by atoms with Crippen LogP contribution in [-0.2, 0) is 0 Å². The molecule has 0 fully saturated rings. The van der Waals surface area contributed by atoms with Gasteiger partial charge in [0, 0.05) is 34.8 Å². The van der Waals surface area contributed by atoms with Crippen molar-refractivity contribution in [1.29, 1.82) is 0 Å². The lowest BCUT2D eigenvalue weighted by molar-refractivity contribution is 0.459. The predicted octanol–water partition coefficient (Wildman–Crippen LogP) is 1.27. The molecule has 2 aromatic heterocycles. The fourth-order valence-electron chi connectivity index (χ4n) is 4.76. The van der Waals surface area contributed by atoms with Gasteiger partial charge in [-0.05, 0) is 62.1 Å². The van der Waals surface area contributed by atoms with Crippen LogP contribution >= 0.6 is 0 Å². The van der Waals surface area contributed by atoms with Crippen LogP contribution in [0.3, 0.4) is 0 Å². The number of aromatic nitrogens is 3. The molecule has 3 heterocycles. The number of nitrogen functional groups attached to an aromatic ring is 1. The first kappa shape index (κ1) is 22.0. The number of aryl methyl sites for hydroxylation is 1. The molecule has 0 saturated heterocycles. The molecule has 0 radical (unpaired) electrons. The molecule has 0 saturated carbocycles. The lowest BCUT2D eigenvalue weighted by Crippen LogP contribution is -2.52. The van der Waals surface area contributed by atoms with Gasteiger partial charge >= 0.3 is 5.69 Å². The molecule has 2 aromatic carbocycles. The molecule has 0 amide bonds. The highest BCUT2D eigenvalue weighted by molar-refractivity contribution is 5.91. The Labute approximate surface area is 196 Å². The number of H-pyrrole nitrogens is 1. The first-order valence-corrected chi connectivity index (χ1v) is 11.5. The van der Waals surface area contributed by atoms with Gasteiger partial charge in [0.15, 0.2) is 6.29 Å². The van der Waals surface area contributed by atoms with E-state index < -0.39 is 5.69 Å². The lowest BCUT2D eigenvalue weighted by atomic mass is 9.96. The molecule has 176 valence electrons. The minimum Gasteiger partial charge on any atom is -0.385 e. The summed E-state index contributed by atoms with van der Waals surface area (Å²) in [5, 5.41) is 10.4. The minimum absolute atomic E-state index is 0.0669. The molecule has 2 atom stereocenters. The summed E-state index contributed by atoms with van der Waals surface area (Å²) in [5.41, 5.74) is 15.9. The average molecular weight is 459 g/mol. The molecule has 9 nitrogen and oxygen atoms in total. The zero-order valence-electron chi connectivity index (χ0n) is 19.8. The Morgan fingerprint density at radius 1 is 1.15 bits per heavy atom. The summed E-state index contributed by atoms with van der Waals surface area (Å²) in [7, 11) is 0. The van der Waals surface area contributed by atoms with Crippen LogP contribution < -0.4 is 38.4 Å². The Morgan fingerprint density at radius 2 is 1.94 bits per heavy atom. The third-order valence-electron chi connectivity index (χ3n) is 6.46. The van der Waals surface area contributed by atoms with E-state index in [9.17, 15) is 4.79 Å². The summed E-state index contributed by atoms with van der Waals surface area (Å²) in [4.78, 5) is 23.6. The normalized spacial score (nSPS) is 16.5. The highest BCUT2D eigenvalue weighted by Crippen LogP contribution is 2.27. The van der Waals surface area contributed by atoms with Gasteiger partial charge < -0.3 is 26.3 Å². The number of hydrogen-bond acceptors (Lipinski definition) is 7. The van der Waals surface area contributed by atoms with Crippen molar-refractivity contribution in [1.82, 2.24) is 25.2 Å². The van der Waals surface area contributed by atoms with Crippen molar-refractivity contribution in [2.45, 2.75) is 45.9 Å². The smallest absolute Gasteiger partial charge is 0.347 e. The summed E-state index contributed by atoms with van der Waals surface area (Å²) >= 11 is 0. The van der Waals surface area contributed by atoms with Gasteiger partial charge in [-0.2, -0.15) is 4.98 Å². The van der Waals surface area contributed by atoms with Gasteiger partial charge in [-0.3, -0.25) is 5.32 Å². The number of nitrogens with zero attached hydrogens (tertiary/aromatic N) is 3. The van der Waals surface area contributed by atoms with Crippen LogP contribution in [-0.4, -0.2) is 27.4 Å². The van der Waals surface area contributed by atoms with E-state index in [2.05, 4.69) is 70.3 Å². The highest BCUT2D eigenvalue weighted by Gasteiger charge is 2.18. The molecule has 0 bridgehead atoms. The van der Waals surface area contributed by atoms with Gasteiger partial charge in [0.05, 0.1) is 16.4 Å². The maximum atomic E-state index is 12.0. The third kappa shape index (κ3) is 3.67. The number of rotatable bonds is 5. The zero-order chi connectivity index (χ0) is 24.1. The van der Waals surface area contributed by atoms with Gasteiger partial charge in [-0.1, -0.05) is 13.0 Å². The molecule has 1 aliphatic heterocycles. The van der Waals surface area contributed by atoms with Gasteiger partial charge in [0.25, 0.3) is 0 Å². The van der Waals surface area contributed by atoms with E-state index >= 15 is 0 Å². The van der Waals surface area contributed by atoms with E-state index in [0.29, 0.717) is 18.4 Å². The molecule has 0 spiro atoms. The SMILES string of the molecule is Cc1cc(C(C)CNC2N=c3c(ccc4c3ccn4C(C)C)=C(N)N2)c2[nH]c(=O)nc(N)c2c1. The predicted molar refractivity (Wildman–Crippen MR) is 136 cm³/mol. The zero-order valence-corrected chi connectivity index (χ0v) is 19.8. The largest absolute Gasteiger partial charge is 0.385 e. The standard InChI is InChI=1S/C25H30N8O/c1-12(2)33-8-7-15-19(33)6-5-16-20(15)29-24(31-22(16)26)28-11-14(4)17-9-13(3)10-18-21(17)30-25(34)32-23(18)27/h5-10,12,14,24,28,31H,11,26H2,1-4H3,(H3,27,30,32,34). The molecule has 34 heavy (non-hydrogen) atoms. The first-order chi connectivity index (χ1) is 16.2. The number of fused-ring (bicyclic) bond motifs is 4.